The SMILES string of the molecule is CC(C)CC(=O)O.CC(C)CC(=O)OC[C@@H]1CC(OC(=O)CC(C)C)C(OC(=O)CC(C)C)C2NC(=O)C(=O)N21. The number of fused-ring (bicyclic) bond motifs is 1. The molecule has 0 aromatic carbocycles. The molecule has 0 aromatic heterocycles. The maximum Gasteiger partial charge on any atom is 0.314 e. The van der Waals surface area contributed by atoms with E-state index in [1.807, 2.05) is 55.4 Å². The molecule has 12 nitrogen and oxygen atoms in total. The van der Waals surface area contributed by atoms with Gasteiger partial charge in [0.2, 0.25) is 0 Å². The van der Waals surface area contributed by atoms with E-state index in [9.17, 15) is 28.8 Å². The number of aliphatic carboxylic acids is 1. The van der Waals surface area contributed by atoms with Crippen molar-refractivity contribution in [3.8, 4) is 0 Å². The number of amides is 2. The molecule has 0 aromatic rings. The standard InChI is InChI=1S/C23H36N2O8.C5H10O2/c1-12(2)7-17(26)31-11-15-10-16(32-18(27)8-13(3)4)20(33-19(28)9-14(5)6)21-24-22(29)23(30)25(15)21;1-4(2)3-5(6)7/h12-16,20-21H,7-11H2,1-6H3,(H,24,29);4H,3H2,1-2H3,(H,6,7)/t15-,16?,20?,21?;/m0./s1. The zero-order chi connectivity index (χ0) is 30.7. The van der Waals surface area contributed by atoms with Crippen LogP contribution in [0.4, 0.5) is 0 Å². The summed E-state index contributed by atoms with van der Waals surface area (Å²) in [6.07, 6.45) is -2.14. The first kappa shape index (κ1) is 34.8. The third kappa shape index (κ3) is 11.9. The maximum absolute atomic E-state index is 12.6. The summed E-state index contributed by atoms with van der Waals surface area (Å²) >= 11 is 0. The molecule has 2 aliphatic rings. The number of carboxylic acids is 1. The van der Waals surface area contributed by atoms with E-state index in [0.717, 1.165) is 0 Å². The second-order valence-electron chi connectivity index (χ2n) is 12.0. The maximum atomic E-state index is 12.6. The summed E-state index contributed by atoms with van der Waals surface area (Å²) in [5.41, 5.74) is 0. The molecule has 2 saturated heterocycles. The van der Waals surface area contributed by atoms with Crippen LogP contribution >= 0.6 is 0 Å². The highest BCUT2D eigenvalue weighted by atomic mass is 16.6. The minimum atomic E-state index is -1.06. The molecule has 2 aliphatic heterocycles. The van der Waals surface area contributed by atoms with Crippen molar-refractivity contribution in [1.82, 2.24) is 10.2 Å². The van der Waals surface area contributed by atoms with Crippen molar-refractivity contribution in [2.45, 2.75) is 112 Å². The number of carbonyl (C=O) groups is 6. The van der Waals surface area contributed by atoms with Gasteiger partial charge in [-0.1, -0.05) is 55.4 Å². The summed E-state index contributed by atoms with van der Waals surface area (Å²) in [4.78, 5) is 72.8. The van der Waals surface area contributed by atoms with Gasteiger partial charge in [0, 0.05) is 32.1 Å². The van der Waals surface area contributed by atoms with Gasteiger partial charge in [-0.2, -0.15) is 0 Å². The monoisotopic (exact) mass is 570 g/mol. The Balaban J connectivity index is 0.00000101. The fourth-order valence-corrected chi connectivity index (χ4v) is 4.28. The number of nitrogens with one attached hydrogen (secondary N) is 1. The van der Waals surface area contributed by atoms with Crippen molar-refractivity contribution in [2.75, 3.05) is 6.61 Å². The molecule has 0 aliphatic carbocycles. The van der Waals surface area contributed by atoms with Crippen LogP contribution in [-0.4, -0.2) is 76.7 Å². The van der Waals surface area contributed by atoms with Gasteiger partial charge in [-0.3, -0.25) is 28.8 Å². The molecule has 40 heavy (non-hydrogen) atoms. The molecular weight excluding hydrogens is 524 g/mol. The van der Waals surface area contributed by atoms with E-state index in [1.54, 1.807) is 0 Å². The Hall–Kier alpha value is -3.18. The number of nitrogens with zero attached hydrogens (tertiary/aromatic N) is 1. The predicted octanol–water partition coefficient (Wildman–Crippen LogP) is 2.67. The molecule has 2 rings (SSSR count). The van der Waals surface area contributed by atoms with Gasteiger partial charge in [-0.05, 0) is 23.7 Å². The van der Waals surface area contributed by atoms with Crippen molar-refractivity contribution in [3.63, 3.8) is 0 Å². The summed E-state index contributed by atoms with van der Waals surface area (Å²) in [7, 11) is 0. The highest BCUT2D eigenvalue weighted by molar-refractivity contribution is 6.37. The van der Waals surface area contributed by atoms with Crippen LogP contribution < -0.4 is 5.32 Å². The van der Waals surface area contributed by atoms with Crippen molar-refractivity contribution in [1.29, 1.82) is 0 Å². The van der Waals surface area contributed by atoms with Crippen molar-refractivity contribution >= 4 is 35.7 Å². The van der Waals surface area contributed by atoms with Crippen LogP contribution in [0.3, 0.4) is 0 Å². The van der Waals surface area contributed by atoms with Gasteiger partial charge in [-0.15, -0.1) is 0 Å². The minimum Gasteiger partial charge on any atom is -0.481 e. The number of hydrogen-bond donors (Lipinski definition) is 2. The fraction of sp³-hybridized carbons (Fsp3) is 0.786. The van der Waals surface area contributed by atoms with E-state index in [2.05, 4.69) is 5.32 Å². The van der Waals surface area contributed by atoms with E-state index in [1.165, 1.54) is 4.90 Å². The molecule has 12 heteroatoms. The first-order valence-electron chi connectivity index (χ1n) is 13.9. The van der Waals surface area contributed by atoms with Crippen LogP contribution in [0.5, 0.6) is 0 Å². The van der Waals surface area contributed by atoms with Crippen molar-refractivity contribution < 1.29 is 48.1 Å². The molecule has 0 bridgehead atoms. The Kier molecular flexibility index (Phi) is 14.1. The average molecular weight is 571 g/mol. The van der Waals surface area contributed by atoms with E-state index in [0.29, 0.717) is 0 Å². The van der Waals surface area contributed by atoms with E-state index in [4.69, 9.17) is 19.3 Å². The third-order valence-electron chi connectivity index (χ3n) is 5.88. The Morgan fingerprint density at radius 3 is 1.73 bits per heavy atom. The summed E-state index contributed by atoms with van der Waals surface area (Å²) < 4.78 is 16.6. The topological polar surface area (TPSA) is 166 Å². The van der Waals surface area contributed by atoms with Gasteiger partial charge in [0.1, 0.15) is 18.9 Å². The normalized spacial score (nSPS) is 22.1. The van der Waals surface area contributed by atoms with Crippen LogP contribution in [0.2, 0.25) is 0 Å². The van der Waals surface area contributed by atoms with Gasteiger partial charge < -0.3 is 29.5 Å². The number of ether oxygens (including phenoxy) is 3. The Labute approximate surface area is 236 Å². The number of hydrogen-bond acceptors (Lipinski definition) is 9. The summed E-state index contributed by atoms with van der Waals surface area (Å²) in [6.45, 7) is 14.8. The van der Waals surface area contributed by atoms with E-state index in [-0.39, 0.29) is 62.4 Å². The number of esters is 3. The van der Waals surface area contributed by atoms with Crippen LogP contribution in [0, 0.1) is 23.7 Å². The molecule has 228 valence electrons. The second-order valence-corrected chi connectivity index (χ2v) is 12.0. The number of carbonyl (C=O) groups excluding carboxylic acids is 5. The Morgan fingerprint density at radius 1 is 0.800 bits per heavy atom. The van der Waals surface area contributed by atoms with Crippen LogP contribution in [0.15, 0.2) is 0 Å². The summed E-state index contributed by atoms with van der Waals surface area (Å²) in [5, 5.41) is 10.6. The molecule has 2 N–H and O–H groups in total. The van der Waals surface area contributed by atoms with Crippen LogP contribution in [-0.2, 0) is 43.0 Å². The summed E-state index contributed by atoms with van der Waals surface area (Å²) in [6, 6.07) is -0.713. The van der Waals surface area contributed by atoms with Crippen molar-refractivity contribution in [2.24, 2.45) is 23.7 Å². The number of piperidine rings is 1. The second kappa shape index (κ2) is 16.2. The highest BCUT2D eigenvalue weighted by Gasteiger charge is 2.55. The lowest BCUT2D eigenvalue weighted by Crippen LogP contribution is -2.63. The quantitative estimate of drug-likeness (QED) is 0.202. The lowest BCUT2D eigenvalue weighted by Gasteiger charge is -2.44. The Bertz CT molecular complexity index is 915. The molecule has 2 fully saturated rings. The van der Waals surface area contributed by atoms with Gasteiger partial charge in [0.25, 0.3) is 0 Å². The molecule has 2 heterocycles. The van der Waals surface area contributed by atoms with E-state index >= 15 is 0 Å². The lowest BCUT2D eigenvalue weighted by molar-refractivity contribution is -0.189. The van der Waals surface area contributed by atoms with Crippen molar-refractivity contribution in [3.05, 3.63) is 0 Å². The smallest absolute Gasteiger partial charge is 0.314 e. The minimum absolute atomic E-state index is 0.0343. The third-order valence-corrected chi connectivity index (χ3v) is 5.88. The molecule has 4 atom stereocenters. The fourth-order valence-electron chi connectivity index (χ4n) is 4.28. The largest absolute Gasteiger partial charge is 0.481 e. The molecule has 0 radical (unpaired) electrons. The van der Waals surface area contributed by atoms with Gasteiger partial charge in [0.05, 0.1) is 6.04 Å². The zero-order valence-electron chi connectivity index (χ0n) is 24.9. The van der Waals surface area contributed by atoms with E-state index < -0.39 is 60.1 Å². The number of rotatable bonds is 12. The molecule has 0 spiro atoms. The van der Waals surface area contributed by atoms with Gasteiger partial charge in [0.15, 0.2) is 6.10 Å². The molecular formula is C28H46N2O10. The van der Waals surface area contributed by atoms with Gasteiger partial charge in [-0.25, -0.2) is 0 Å². The predicted molar refractivity (Wildman–Crippen MR) is 143 cm³/mol. The molecule has 2 amide bonds. The zero-order valence-corrected chi connectivity index (χ0v) is 24.9. The first-order valence-corrected chi connectivity index (χ1v) is 13.9. The number of carboxylic acid groups (broad SMARTS) is 1. The first-order chi connectivity index (χ1) is 18.5. The average Bonchev–Trinajstić information content (AvgIpc) is 3.06. The highest BCUT2D eigenvalue weighted by Crippen LogP contribution is 2.31. The van der Waals surface area contributed by atoms with Crippen LogP contribution in [0.1, 0.15) is 87.5 Å². The Morgan fingerprint density at radius 2 is 1.27 bits per heavy atom. The molecule has 0 saturated carbocycles. The molecule has 3 unspecified atom stereocenters. The lowest BCUT2D eigenvalue weighted by atomic mass is 9.94. The summed E-state index contributed by atoms with van der Waals surface area (Å²) in [5.74, 6) is -3.32. The van der Waals surface area contributed by atoms with Gasteiger partial charge >= 0.3 is 35.7 Å². The van der Waals surface area contributed by atoms with Crippen LogP contribution in [0.25, 0.3) is 0 Å².